The Hall–Kier alpha value is -2.76. The van der Waals surface area contributed by atoms with E-state index in [-0.39, 0.29) is 0 Å². The number of hydrogen-bond donors (Lipinski definition) is 2. The summed E-state index contributed by atoms with van der Waals surface area (Å²) in [7, 11) is -6.09. The maximum Gasteiger partial charge on any atom is 0.485 e. The van der Waals surface area contributed by atoms with Crippen LogP contribution in [0.4, 0.5) is 26.3 Å². The van der Waals surface area contributed by atoms with Crippen LogP contribution in [0.15, 0.2) is 24.8 Å². The van der Waals surface area contributed by atoms with Crippen LogP contribution < -0.4 is 15.3 Å². The average molecular weight is 402 g/mol. The van der Waals surface area contributed by atoms with Crippen LogP contribution >= 0.6 is 0 Å². The number of aromatic nitrogens is 6. The molecule has 144 valence electrons. The maximum atomic E-state index is 10.7. The molecule has 0 aliphatic rings. The standard InChI is InChI=1S/C2HF3O2.2C2H3N3.CHF3O3S/c3-2(4,5)1(6)7;2*1-2-4-5-3-1;2-1(3,4)8(5,6)7/h(H,6,7);2*1-2H,(H,3,4,5);(H,5,6,7). The van der Waals surface area contributed by atoms with Gasteiger partial charge < -0.3 is 14.5 Å². The third-order valence-corrected chi connectivity index (χ3v) is 1.80. The van der Waals surface area contributed by atoms with Crippen molar-refractivity contribution in [2.45, 2.75) is 11.7 Å². The highest BCUT2D eigenvalue weighted by Gasteiger charge is 2.36. The van der Waals surface area contributed by atoms with Crippen molar-refractivity contribution < 1.29 is 59.4 Å². The molecule has 2 aromatic rings. The zero-order chi connectivity index (χ0) is 20.1. The van der Waals surface area contributed by atoms with Crippen LogP contribution in [-0.2, 0) is 14.9 Å². The Morgan fingerprint density at radius 3 is 1.28 bits per heavy atom. The number of carbonyl (C=O) groups excluding carboxylic acids is 1. The van der Waals surface area contributed by atoms with Gasteiger partial charge in [-0.1, -0.05) is 10.4 Å². The van der Waals surface area contributed by atoms with Gasteiger partial charge in [-0.3, -0.25) is 0 Å². The predicted octanol–water partition coefficient (Wildman–Crippen LogP) is -2.20. The molecular formula is C7H8F6N6O5S. The molecule has 0 bridgehead atoms. The number of aliphatic carboxylic acids is 1. The predicted molar refractivity (Wildman–Crippen MR) is 57.1 cm³/mol. The summed E-state index contributed by atoms with van der Waals surface area (Å²) in [6.07, 6.45) is 1.50. The fraction of sp³-hybridized carbons (Fsp3) is 0.286. The number of carbonyl (C=O) groups is 1. The van der Waals surface area contributed by atoms with Crippen LogP contribution in [0.1, 0.15) is 0 Å². The molecule has 0 saturated carbocycles. The van der Waals surface area contributed by atoms with Gasteiger partial charge in [0.05, 0.1) is 0 Å². The molecule has 0 radical (unpaired) electrons. The highest BCUT2D eigenvalue weighted by Crippen LogP contribution is 2.20. The van der Waals surface area contributed by atoms with E-state index in [0.717, 1.165) is 0 Å². The molecule has 0 aliphatic heterocycles. The van der Waals surface area contributed by atoms with Gasteiger partial charge in [-0.2, -0.15) is 36.5 Å². The van der Waals surface area contributed by atoms with E-state index in [4.69, 9.17) is 22.9 Å². The number of nitrogens with zero attached hydrogens (tertiary/aromatic N) is 2. The smallest absolute Gasteiger partial charge is 0.485 e. The molecule has 2 heterocycles. The molecule has 0 unspecified atom stereocenters. The second kappa shape index (κ2) is 10.9. The molecule has 11 nitrogen and oxygen atoms in total. The molecular weight excluding hydrogens is 394 g/mol. The summed E-state index contributed by atoms with van der Waals surface area (Å²) in [5, 5.41) is 26.1. The van der Waals surface area contributed by atoms with Gasteiger partial charge in [-0.05, 0) is 0 Å². The molecule has 2 rings (SSSR count). The summed E-state index contributed by atoms with van der Waals surface area (Å²) in [5.74, 6) is -3.01. The summed E-state index contributed by atoms with van der Waals surface area (Å²) in [6, 6.07) is 0. The lowest BCUT2D eigenvalue weighted by atomic mass is 10.7. The van der Waals surface area contributed by atoms with E-state index in [1.807, 2.05) is 0 Å². The highest BCUT2D eigenvalue weighted by molar-refractivity contribution is 7.86. The molecule has 4 N–H and O–H groups in total. The molecule has 0 atom stereocenters. The van der Waals surface area contributed by atoms with Crippen molar-refractivity contribution >= 4 is 16.1 Å². The quantitative estimate of drug-likeness (QED) is 0.284. The molecule has 0 fully saturated rings. The van der Waals surface area contributed by atoms with E-state index in [9.17, 15) is 26.3 Å². The Morgan fingerprint density at radius 2 is 1.24 bits per heavy atom. The third-order valence-electron chi connectivity index (χ3n) is 1.24. The van der Waals surface area contributed by atoms with E-state index in [0.29, 0.717) is 0 Å². The molecule has 25 heavy (non-hydrogen) atoms. The Balaban J connectivity index is 0. The first-order valence-electron chi connectivity index (χ1n) is 5.20. The van der Waals surface area contributed by atoms with Gasteiger partial charge in [-0.15, -0.1) is 0 Å². The Kier molecular flexibility index (Phi) is 10.7. The number of H-pyrrole nitrogens is 4. The lowest BCUT2D eigenvalue weighted by molar-refractivity contribution is -0.455. The van der Waals surface area contributed by atoms with E-state index >= 15 is 0 Å². The normalized spacial score (nSPS) is 10.8. The molecule has 18 heteroatoms. The van der Waals surface area contributed by atoms with Gasteiger partial charge >= 0.3 is 11.7 Å². The van der Waals surface area contributed by atoms with Crippen LogP contribution in [0, 0.1) is 0 Å². The average Bonchev–Trinajstić information content (AvgIpc) is 3.15. The zero-order valence-electron chi connectivity index (χ0n) is 11.4. The topological polar surface area (TPSA) is 183 Å². The first-order chi connectivity index (χ1) is 11.2. The van der Waals surface area contributed by atoms with Crippen molar-refractivity contribution in [1.82, 2.24) is 20.6 Å². The summed E-state index contributed by atoms with van der Waals surface area (Å²) >= 11 is 0. The van der Waals surface area contributed by atoms with E-state index in [2.05, 4.69) is 30.8 Å². The zero-order valence-corrected chi connectivity index (χ0v) is 12.2. The molecule has 0 aromatic carbocycles. The number of alkyl halides is 6. The third kappa shape index (κ3) is 15.9. The maximum absolute atomic E-state index is 10.7. The van der Waals surface area contributed by atoms with E-state index in [1.165, 1.54) is 0 Å². The fourth-order valence-electron chi connectivity index (χ4n) is 0.373. The number of rotatable bonds is 0. The van der Waals surface area contributed by atoms with Crippen molar-refractivity contribution in [2.24, 2.45) is 0 Å². The molecule has 0 amide bonds. The Bertz CT molecular complexity index is 594. The van der Waals surface area contributed by atoms with E-state index < -0.39 is 27.8 Å². The van der Waals surface area contributed by atoms with Crippen molar-refractivity contribution in [1.29, 1.82) is 0 Å². The van der Waals surface area contributed by atoms with Gasteiger partial charge in [-0.25, -0.2) is 8.42 Å². The Labute approximate surface area is 133 Å². The molecule has 0 aliphatic carbocycles. The highest BCUT2D eigenvalue weighted by atomic mass is 32.2. The van der Waals surface area contributed by atoms with Crippen molar-refractivity contribution in [2.75, 3.05) is 0 Å². The lowest BCUT2D eigenvalue weighted by Crippen LogP contribution is -2.37. The van der Waals surface area contributed by atoms with Gasteiger partial charge in [0.1, 0.15) is 5.97 Å². The second-order valence-electron chi connectivity index (χ2n) is 3.09. The van der Waals surface area contributed by atoms with Crippen molar-refractivity contribution in [3.63, 3.8) is 0 Å². The molecule has 2 aromatic heterocycles. The first-order valence-corrected chi connectivity index (χ1v) is 6.61. The minimum absolute atomic E-state index is 1.64. The number of carboxylic acids is 1. The number of nitrogens with one attached hydrogen (secondary N) is 4. The van der Waals surface area contributed by atoms with Gasteiger partial charge in [0, 0.05) is 10.2 Å². The first kappa shape index (κ1) is 24.5. The number of halogens is 6. The summed E-state index contributed by atoms with van der Waals surface area (Å²) in [4.78, 5) is 8.78. The molecule has 0 spiro atoms. The van der Waals surface area contributed by atoms with Gasteiger partial charge in [0.25, 0.3) is 0 Å². The van der Waals surface area contributed by atoms with Crippen LogP contribution in [0.2, 0.25) is 0 Å². The van der Waals surface area contributed by atoms with Crippen molar-refractivity contribution in [3.05, 3.63) is 24.8 Å². The summed E-state index contributed by atoms with van der Waals surface area (Å²) in [5.41, 5.74) is -5.65. The van der Waals surface area contributed by atoms with Gasteiger partial charge in [0.2, 0.25) is 12.4 Å². The SMILES string of the molecule is O=C([O-])C(F)(F)F.O=S(=O)([O-])C(F)(F)F.c1c[nH+][nH]n1.c1c[nH+][nH]n1. The molecule has 0 saturated heterocycles. The Morgan fingerprint density at radius 1 is 0.960 bits per heavy atom. The largest absolute Gasteiger partial charge is 0.741 e. The second-order valence-corrected chi connectivity index (χ2v) is 4.46. The van der Waals surface area contributed by atoms with Crippen LogP contribution in [0.25, 0.3) is 0 Å². The fourth-order valence-corrected chi connectivity index (χ4v) is 0.373. The lowest BCUT2D eigenvalue weighted by Gasteiger charge is -2.08. The number of carboxylic acid groups (broad SMARTS) is 1. The summed E-state index contributed by atoms with van der Waals surface area (Å²) in [6.45, 7) is 0. The van der Waals surface area contributed by atoms with Crippen LogP contribution in [0.5, 0.6) is 0 Å². The number of hydrogen-bond acceptors (Lipinski definition) is 7. The van der Waals surface area contributed by atoms with E-state index in [1.54, 1.807) is 24.8 Å². The van der Waals surface area contributed by atoms with Gasteiger partial charge in [0.15, 0.2) is 22.5 Å². The monoisotopic (exact) mass is 402 g/mol. The van der Waals surface area contributed by atoms with Crippen LogP contribution in [-0.4, -0.2) is 51.2 Å². The number of aromatic amines is 4. The summed E-state index contributed by atoms with van der Waals surface area (Å²) < 4.78 is 90.5. The van der Waals surface area contributed by atoms with Crippen LogP contribution in [0.3, 0.4) is 0 Å². The minimum Gasteiger partial charge on any atom is -0.741 e. The van der Waals surface area contributed by atoms with Crippen molar-refractivity contribution in [3.8, 4) is 0 Å². The minimum atomic E-state index is -6.09.